The van der Waals surface area contributed by atoms with Crippen molar-refractivity contribution in [2.45, 2.75) is 38.6 Å². The summed E-state index contributed by atoms with van der Waals surface area (Å²) in [7, 11) is 0. The van der Waals surface area contributed by atoms with Crippen molar-refractivity contribution in [2.24, 2.45) is 0 Å². The summed E-state index contributed by atoms with van der Waals surface area (Å²) in [6, 6.07) is 6.44. The molecular formula is C15H18N2OS. The molecule has 0 bridgehead atoms. The summed E-state index contributed by atoms with van der Waals surface area (Å²) in [4.78, 5) is 13.2. The number of nitrogens with zero attached hydrogens (tertiary/aromatic N) is 1. The molecule has 0 unspecified atom stereocenters. The van der Waals surface area contributed by atoms with Gasteiger partial charge in [-0.05, 0) is 43.3 Å². The summed E-state index contributed by atoms with van der Waals surface area (Å²) in [6.07, 6.45) is 6.71. The molecule has 0 spiro atoms. The Balaban J connectivity index is 1.83. The first-order valence-corrected chi connectivity index (χ1v) is 7.66. The summed E-state index contributed by atoms with van der Waals surface area (Å²) >= 11 is 1.52. The predicted octanol–water partition coefficient (Wildman–Crippen LogP) is 3.52. The van der Waals surface area contributed by atoms with E-state index in [1.165, 1.54) is 24.2 Å². The van der Waals surface area contributed by atoms with E-state index < -0.39 is 0 Å². The molecule has 2 heterocycles. The van der Waals surface area contributed by atoms with Gasteiger partial charge in [-0.3, -0.25) is 4.79 Å². The minimum atomic E-state index is 0.0741. The molecule has 1 fully saturated rings. The van der Waals surface area contributed by atoms with Gasteiger partial charge in [0.15, 0.2) is 0 Å². The molecule has 19 heavy (non-hydrogen) atoms. The molecule has 3 rings (SSSR count). The largest absolute Gasteiger partial charge is 0.349 e. The minimum absolute atomic E-state index is 0.0741. The van der Waals surface area contributed by atoms with E-state index >= 15 is 0 Å². The van der Waals surface area contributed by atoms with Crippen LogP contribution in [0.15, 0.2) is 29.8 Å². The Morgan fingerprint density at radius 3 is 2.84 bits per heavy atom. The molecule has 1 amide bonds. The van der Waals surface area contributed by atoms with Crippen LogP contribution in [-0.2, 0) is 0 Å². The van der Waals surface area contributed by atoms with E-state index in [4.69, 9.17) is 0 Å². The number of carbonyl (C=O) groups excluding carboxylic acids is 1. The van der Waals surface area contributed by atoms with Gasteiger partial charge >= 0.3 is 0 Å². The highest BCUT2D eigenvalue weighted by atomic mass is 32.1. The van der Waals surface area contributed by atoms with Gasteiger partial charge in [-0.1, -0.05) is 12.8 Å². The Morgan fingerprint density at radius 2 is 2.16 bits per heavy atom. The topological polar surface area (TPSA) is 34.0 Å². The van der Waals surface area contributed by atoms with Gasteiger partial charge in [-0.25, -0.2) is 0 Å². The molecule has 1 saturated carbocycles. The van der Waals surface area contributed by atoms with Crippen LogP contribution in [0.1, 0.15) is 41.0 Å². The lowest BCUT2D eigenvalue weighted by Crippen LogP contribution is -2.32. The van der Waals surface area contributed by atoms with Gasteiger partial charge in [0.25, 0.3) is 5.91 Å². The fourth-order valence-electron chi connectivity index (χ4n) is 2.72. The summed E-state index contributed by atoms with van der Waals surface area (Å²) in [5, 5.41) is 5.15. The van der Waals surface area contributed by atoms with E-state index in [1.807, 2.05) is 23.7 Å². The second kappa shape index (κ2) is 5.21. The van der Waals surface area contributed by atoms with Gasteiger partial charge in [-0.2, -0.15) is 0 Å². The van der Waals surface area contributed by atoms with Crippen LogP contribution in [0.5, 0.6) is 0 Å². The van der Waals surface area contributed by atoms with Crippen molar-refractivity contribution in [1.82, 2.24) is 9.88 Å². The Bertz CT molecular complexity index is 578. The lowest BCUT2D eigenvalue weighted by molar-refractivity contribution is 0.0942. The number of aromatic nitrogens is 1. The molecule has 2 aromatic rings. The van der Waals surface area contributed by atoms with E-state index in [-0.39, 0.29) is 5.91 Å². The molecule has 1 N–H and O–H groups in total. The van der Waals surface area contributed by atoms with Crippen LogP contribution in [0.4, 0.5) is 0 Å². The third-order valence-corrected chi connectivity index (χ3v) is 4.66. The van der Waals surface area contributed by atoms with Crippen molar-refractivity contribution >= 4 is 17.2 Å². The van der Waals surface area contributed by atoms with Crippen LogP contribution >= 0.6 is 11.3 Å². The minimum Gasteiger partial charge on any atom is -0.349 e. The monoisotopic (exact) mass is 274 g/mol. The van der Waals surface area contributed by atoms with Gasteiger partial charge in [0.2, 0.25) is 0 Å². The van der Waals surface area contributed by atoms with Gasteiger partial charge in [0, 0.05) is 17.9 Å². The van der Waals surface area contributed by atoms with Crippen molar-refractivity contribution in [3.05, 3.63) is 40.3 Å². The van der Waals surface area contributed by atoms with Crippen LogP contribution in [0.2, 0.25) is 0 Å². The molecule has 1 aliphatic rings. The molecule has 1 aliphatic carbocycles. The Kier molecular flexibility index (Phi) is 3.42. The lowest BCUT2D eigenvalue weighted by Gasteiger charge is -2.13. The molecular weight excluding hydrogens is 256 g/mol. The smallest absolute Gasteiger partial charge is 0.263 e. The normalized spacial score (nSPS) is 15.8. The van der Waals surface area contributed by atoms with Gasteiger partial charge in [-0.15, -0.1) is 11.3 Å². The number of hydrogen-bond donors (Lipinski definition) is 1. The van der Waals surface area contributed by atoms with Gasteiger partial charge in [0.1, 0.15) is 4.88 Å². The Labute approximate surface area is 117 Å². The maximum Gasteiger partial charge on any atom is 0.263 e. The van der Waals surface area contributed by atoms with Crippen LogP contribution in [0, 0.1) is 6.92 Å². The average Bonchev–Trinajstić information content (AvgIpc) is 3.07. The number of amides is 1. The number of nitrogens with one attached hydrogen (secondary N) is 1. The fourth-order valence-corrected chi connectivity index (χ4v) is 3.51. The van der Waals surface area contributed by atoms with Crippen molar-refractivity contribution in [2.75, 3.05) is 0 Å². The van der Waals surface area contributed by atoms with E-state index in [2.05, 4.69) is 22.9 Å². The molecule has 0 radical (unpaired) electrons. The first-order valence-electron chi connectivity index (χ1n) is 6.78. The highest BCUT2D eigenvalue weighted by Crippen LogP contribution is 2.24. The number of rotatable bonds is 3. The zero-order valence-electron chi connectivity index (χ0n) is 11.1. The van der Waals surface area contributed by atoms with Crippen molar-refractivity contribution in [3.8, 4) is 5.69 Å². The highest BCUT2D eigenvalue weighted by Gasteiger charge is 2.21. The summed E-state index contributed by atoms with van der Waals surface area (Å²) < 4.78 is 2.07. The SMILES string of the molecule is Cc1cccn1-c1ccsc1C(=O)NC1CCCC1. The van der Waals surface area contributed by atoms with E-state index in [0.29, 0.717) is 6.04 Å². The van der Waals surface area contributed by atoms with Crippen molar-refractivity contribution < 1.29 is 4.79 Å². The van der Waals surface area contributed by atoms with E-state index in [9.17, 15) is 4.79 Å². The molecule has 0 atom stereocenters. The van der Waals surface area contributed by atoms with Crippen molar-refractivity contribution in [3.63, 3.8) is 0 Å². The highest BCUT2D eigenvalue weighted by molar-refractivity contribution is 7.12. The van der Waals surface area contributed by atoms with Crippen LogP contribution in [0.25, 0.3) is 5.69 Å². The second-order valence-corrected chi connectivity index (χ2v) is 6.03. The van der Waals surface area contributed by atoms with E-state index in [0.717, 1.165) is 29.1 Å². The molecule has 4 heteroatoms. The molecule has 3 nitrogen and oxygen atoms in total. The molecule has 0 aliphatic heterocycles. The summed E-state index contributed by atoms with van der Waals surface area (Å²) in [5.74, 6) is 0.0741. The summed E-state index contributed by atoms with van der Waals surface area (Å²) in [5.41, 5.74) is 2.14. The van der Waals surface area contributed by atoms with Crippen LogP contribution < -0.4 is 5.32 Å². The zero-order valence-corrected chi connectivity index (χ0v) is 11.9. The maximum absolute atomic E-state index is 12.4. The predicted molar refractivity (Wildman–Crippen MR) is 78.1 cm³/mol. The Hall–Kier alpha value is -1.55. The maximum atomic E-state index is 12.4. The molecule has 2 aromatic heterocycles. The first kappa shape index (κ1) is 12.5. The number of aryl methyl sites for hydroxylation is 1. The van der Waals surface area contributed by atoms with Crippen LogP contribution in [0.3, 0.4) is 0 Å². The molecule has 0 saturated heterocycles. The third-order valence-electron chi connectivity index (χ3n) is 3.75. The first-order chi connectivity index (χ1) is 9.25. The Morgan fingerprint density at radius 1 is 1.37 bits per heavy atom. The lowest BCUT2D eigenvalue weighted by atomic mass is 10.2. The van der Waals surface area contributed by atoms with E-state index in [1.54, 1.807) is 0 Å². The molecule has 0 aromatic carbocycles. The fraction of sp³-hybridized carbons (Fsp3) is 0.400. The van der Waals surface area contributed by atoms with Gasteiger partial charge < -0.3 is 9.88 Å². The standard InChI is InChI=1S/C15H18N2OS/c1-11-5-4-9-17(11)13-8-10-19-14(13)15(18)16-12-6-2-3-7-12/h4-5,8-10,12H,2-3,6-7H2,1H3,(H,16,18). The average molecular weight is 274 g/mol. The number of carbonyl (C=O) groups is 1. The number of hydrogen-bond acceptors (Lipinski definition) is 2. The zero-order chi connectivity index (χ0) is 13.2. The van der Waals surface area contributed by atoms with Crippen LogP contribution in [-0.4, -0.2) is 16.5 Å². The summed E-state index contributed by atoms with van der Waals surface area (Å²) in [6.45, 7) is 2.05. The van der Waals surface area contributed by atoms with Crippen molar-refractivity contribution in [1.29, 1.82) is 0 Å². The van der Waals surface area contributed by atoms with Gasteiger partial charge in [0.05, 0.1) is 5.69 Å². The third kappa shape index (κ3) is 2.45. The molecule has 100 valence electrons. The quantitative estimate of drug-likeness (QED) is 0.913. The second-order valence-electron chi connectivity index (χ2n) is 5.11. The number of thiophene rings is 1.